The highest BCUT2D eigenvalue weighted by molar-refractivity contribution is 7.11. The number of rotatable bonds is 4. The molecule has 0 spiro atoms. The topological polar surface area (TPSA) is 32.8 Å². The molecule has 3 aliphatic rings. The lowest BCUT2D eigenvalue weighted by atomic mass is 9.87. The lowest BCUT2D eigenvalue weighted by Crippen LogP contribution is -2.44. The zero-order chi connectivity index (χ0) is 18.9. The van der Waals surface area contributed by atoms with Crippen molar-refractivity contribution in [2.75, 3.05) is 39.4 Å². The Bertz CT molecular complexity index is 925. The number of ether oxygens (including phenoxy) is 1. The van der Waals surface area contributed by atoms with Gasteiger partial charge >= 0.3 is 0 Å². The quantitative estimate of drug-likeness (QED) is 0.748. The number of aldehydes is 1. The van der Waals surface area contributed by atoms with Gasteiger partial charge in [-0.1, -0.05) is 30.3 Å². The standard InChI is InChI=1S/C23H24N2O2S/c26-16-21-20(17-4-2-1-3-5-17)14-19(15-24-9-11-27-12-10-24)22-23-18(7-13-28-23)6-8-25(21)22/h1-5,7,13-14,16,21H,6,8-12,15H2. The molecule has 1 atom stereocenters. The van der Waals surface area contributed by atoms with Crippen molar-refractivity contribution >= 4 is 28.9 Å². The van der Waals surface area contributed by atoms with Crippen LogP contribution in [-0.2, 0) is 16.0 Å². The van der Waals surface area contributed by atoms with Crippen molar-refractivity contribution in [2.24, 2.45) is 0 Å². The molecule has 5 heteroatoms. The summed E-state index contributed by atoms with van der Waals surface area (Å²) in [6.45, 7) is 5.29. The van der Waals surface area contributed by atoms with Gasteiger partial charge in [0.15, 0.2) is 0 Å². The largest absolute Gasteiger partial charge is 0.379 e. The van der Waals surface area contributed by atoms with Crippen LogP contribution in [0.5, 0.6) is 0 Å². The summed E-state index contributed by atoms with van der Waals surface area (Å²) in [5, 5.41) is 2.18. The van der Waals surface area contributed by atoms with Gasteiger partial charge in [-0.2, -0.15) is 0 Å². The van der Waals surface area contributed by atoms with E-state index in [9.17, 15) is 4.79 Å². The molecule has 0 aliphatic carbocycles. The molecule has 1 fully saturated rings. The molecule has 0 N–H and O–H groups in total. The maximum atomic E-state index is 12.2. The van der Waals surface area contributed by atoms with Gasteiger partial charge in [-0.15, -0.1) is 11.3 Å². The van der Waals surface area contributed by atoms with E-state index < -0.39 is 0 Å². The third-order valence-electron chi connectivity index (χ3n) is 5.89. The maximum absolute atomic E-state index is 12.2. The van der Waals surface area contributed by atoms with Crippen molar-refractivity contribution in [1.82, 2.24) is 9.80 Å². The molecular formula is C23H24N2O2S. The van der Waals surface area contributed by atoms with Gasteiger partial charge in [0.1, 0.15) is 12.3 Å². The predicted molar refractivity (Wildman–Crippen MR) is 113 cm³/mol. The van der Waals surface area contributed by atoms with Crippen molar-refractivity contribution in [3.8, 4) is 0 Å². The third-order valence-corrected chi connectivity index (χ3v) is 6.86. The van der Waals surface area contributed by atoms with Crippen molar-refractivity contribution in [3.63, 3.8) is 0 Å². The summed E-state index contributed by atoms with van der Waals surface area (Å²) in [5.41, 5.74) is 6.25. The molecule has 144 valence electrons. The summed E-state index contributed by atoms with van der Waals surface area (Å²) >= 11 is 1.80. The van der Waals surface area contributed by atoms with E-state index in [1.807, 2.05) is 18.2 Å². The average molecular weight is 393 g/mol. The molecule has 3 aliphatic heterocycles. The minimum atomic E-state index is -0.221. The first kappa shape index (κ1) is 17.9. The first-order valence-corrected chi connectivity index (χ1v) is 10.8. The van der Waals surface area contributed by atoms with Crippen LogP contribution in [0.15, 0.2) is 53.4 Å². The molecule has 5 rings (SSSR count). The van der Waals surface area contributed by atoms with Gasteiger partial charge in [0.05, 0.1) is 23.8 Å². The van der Waals surface area contributed by atoms with Crippen molar-refractivity contribution in [1.29, 1.82) is 0 Å². The van der Waals surface area contributed by atoms with E-state index >= 15 is 0 Å². The zero-order valence-corrected chi connectivity index (χ0v) is 16.7. The summed E-state index contributed by atoms with van der Waals surface area (Å²) in [6.07, 6.45) is 4.40. The summed E-state index contributed by atoms with van der Waals surface area (Å²) in [7, 11) is 0. The Morgan fingerprint density at radius 2 is 1.93 bits per heavy atom. The Morgan fingerprint density at radius 3 is 2.71 bits per heavy atom. The first-order chi connectivity index (χ1) is 13.8. The fourth-order valence-electron chi connectivity index (χ4n) is 4.49. The molecule has 0 bridgehead atoms. The highest BCUT2D eigenvalue weighted by Gasteiger charge is 2.35. The number of thiophene rings is 1. The zero-order valence-electron chi connectivity index (χ0n) is 15.8. The number of benzene rings is 1. The van der Waals surface area contributed by atoms with Crippen molar-refractivity contribution in [3.05, 3.63) is 69.4 Å². The second-order valence-corrected chi connectivity index (χ2v) is 8.44. The number of hydrogen-bond acceptors (Lipinski definition) is 5. The molecule has 0 amide bonds. The number of carbonyl (C=O) groups is 1. The number of morpholine rings is 1. The van der Waals surface area contributed by atoms with E-state index in [0.717, 1.165) is 63.2 Å². The molecule has 0 saturated carbocycles. The molecule has 4 nitrogen and oxygen atoms in total. The van der Waals surface area contributed by atoms with Crippen molar-refractivity contribution in [2.45, 2.75) is 12.5 Å². The Kier molecular flexibility index (Phi) is 4.89. The van der Waals surface area contributed by atoms with Crippen LogP contribution in [0.25, 0.3) is 11.3 Å². The van der Waals surface area contributed by atoms with Crippen LogP contribution in [-0.4, -0.2) is 61.5 Å². The average Bonchev–Trinajstić information content (AvgIpc) is 3.23. The van der Waals surface area contributed by atoms with E-state index in [4.69, 9.17) is 4.74 Å². The summed E-state index contributed by atoms with van der Waals surface area (Å²) in [5.74, 6) is 0. The van der Waals surface area contributed by atoms with Gasteiger partial charge in [-0.25, -0.2) is 0 Å². The van der Waals surface area contributed by atoms with Gasteiger partial charge in [0, 0.05) is 26.2 Å². The van der Waals surface area contributed by atoms with Crippen LogP contribution in [0.2, 0.25) is 0 Å². The van der Waals surface area contributed by atoms with Crippen LogP contribution >= 0.6 is 11.3 Å². The molecule has 1 saturated heterocycles. The number of hydrogen-bond donors (Lipinski definition) is 0. The van der Waals surface area contributed by atoms with Crippen LogP contribution < -0.4 is 0 Å². The van der Waals surface area contributed by atoms with E-state index in [2.05, 4.69) is 39.5 Å². The van der Waals surface area contributed by atoms with E-state index in [1.165, 1.54) is 21.7 Å². The van der Waals surface area contributed by atoms with Crippen LogP contribution in [0.3, 0.4) is 0 Å². The van der Waals surface area contributed by atoms with Crippen molar-refractivity contribution < 1.29 is 9.53 Å². The number of nitrogens with zero attached hydrogens (tertiary/aromatic N) is 2. The molecule has 1 aromatic heterocycles. The Balaban J connectivity index is 1.64. The lowest BCUT2D eigenvalue weighted by Gasteiger charge is -2.42. The molecular weight excluding hydrogens is 368 g/mol. The Labute approximate surface area is 169 Å². The van der Waals surface area contributed by atoms with E-state index in [0.29, 0.717) is 0 Å². The second kappa shape index (κ2) is 7.66. The highest BCUT2D eigenvalue weighted by Crippen LogP contribution is 2.42. The maximum Gasteiger partial charge on any atom is 0.147 e. The molecule has 4 heterocycles. The van der Waals surface area contributed by atoms with Gasteiger partial charge in [0.2, 0.25) is 0 Å². The summed E-state index contributed by atoms with van der Waals surface area (Å²) < 4.78 is 5.54. The summed E-state index contributed by atoms with van der Waals surface area (Å²) in [6, 6.07) is 12.4. The van der Waals surface area contributed by atoms with E-state index in [-0.39, 0.29) is 6.04 Å². The number of fused-ring (bicyclic) bond motifs is 3. The smallest absolute Gasteiger partial charge is 0.147 e. The summed E-state index contributed by atoms with van der Waals surface area (Å²) in [4.78, 5) is 18.4. The third kappa shape index (κ3) is 3.13. The Hall–Kier alpha value is -2.21. The SMILES string of the molecule is O=CC1C(c2ccccc2)=CC(CN2CCOCC2)=C2c3sccc3CCN21. The Morgan fingerprint density at radius 1 is 1.11 bits per heavy atom. The first-order valence-electron chi connectivity index (χ1n) is 9.94. The van der Waals surface area contributed by atoms with Crippen LogP contribution in [0.4, 0.5) is 0 Å². The van der Waals surface area contributed by atoms with Crippen LogP contribution in [0.1, 0.15) is 16.0 Å². The molecule has 1 unspecified atom stereocenters. The van der Waals surface area contributed by atoms with Gasteiger partial charge in [0.25, 0.3) is 0 Å². The predicted octanol–water partition coefficient (Wildman–Crippen LogP) is 3.31. The van der Waals surface area contributed by atoms with Gasteiger partial charge in [-0.05, 0) is 46.2 Å². The van der Waals surface area contributed by atoms with E-state index in [1.54, 1.807) is 11.3 Å². The van der Waals surface area contributed by atoms with Gasteiger partial charge in [-0.3, -0.25) is 4.90 Å². The monoisotopic (exact) mass is 392 g/mol. The van der Waals surface area contributed by atoms with Gasteiger partial charge < -0.3 is 14.4 Å². The highest BCUT2D eigenvalue weighted by atomic mass is 32.1. The molecule has 0 radical (unpaired) electrons. The minimum Gasteiger partial charge on any atom is -0.379 e. The molecule has 2 aromatic rings. The minimum absolute atomic E-state index is 0.221. The van der Waals surface area contributed by atoms with Crippen LogP contribution in [0, 0.1) is 0 Å². The second-order valence-electron chi connectivity index (χ2n) is 7.53. The molecule has 1 aromatic carbocycles. The fourth-order valence-corrected chi connectivity index (χ4v) is 5.54. The normalized spacial score (nSPS) is 22.5. The number of carbonyl (C=O) groups excluding carboxylic acids is 1. The fraction of sp³-hybridized carbons (Fsp3) is 0.348. The lowest BCUT2D eigenvalue weighted by molar-refractivity contribution is -0.110. The molecule has 28 heavy (non-hydrogen) atoms.